The summed E-state index contributed by atoms with van der Waals surface area (Å²) in [4.78, 5) is 0. The van der Waals surface area contributed by atoms with Gasteiger partial charge in [0.25, 0.3) is 0 Å². The molecule has 1 heterocycles. The molecule has 20 heavy (non-hydrogen) atoms. The first kappa shape index (κ1) is 15.0. The summed E-state index contributed by atoms with van der Waals surface area (Å²) in [6.07, 6.45) is -1.82. The number of hydrogen-bond donors (Lipinski definition) is 1. The number of benzene rings is 1. The van der Waals surface area contributed by atoms with E-state index in [4.69, 9.17) is 5.11 Å². The third kappa shape index (κ3) is 3.37. The lowest BCUT2D eigenvalue weighted by Crippen LogP contribution is -2.07. The molecular weight excluding hydrogens is 339 g/mol. The highest BCUT2D eigenvalue weighted by Gasteiger charge is 2.33. The van der Waals surface area contributed by atoms with Crippen molar-refractivity contribution in [1.29, 1.82) is 0 Å². The molecule has 0 saturated heterocycles. The first-order chi connectivity index (χ1) is 9.41. The summed E-state index contributed by atoms with van der Waals surface area (Å²) in [6, 6.07) is 3.85. The van der Waals surface area contributed by atoms with Gasteiger partial charge < -0.3 is 5.11 Å². The maximum atomic E-state index is 12.8. The molecule has 0 fully saturated rings. The number of aliphatic hydroxyl groups is 1. The Kier molecular flexibility index (Phi) is 4.44. The normalized spacial score (nSPS) is 11.8. The first-order valence-electron chi connectivity index (χ1n) is 5.81. The van der Waals surface area contributed by atoms with Gasteiger partial charge in [0.1, 0.15) is 0 Å². The Balaban J connectivity index is 2.31. The zero-order chi connectivity index (χ0) is 14.8. The fourth-order valence-corrected chi connectivity index (χ4v) is 2.14. The zero-order valence-electron chi connectivity index (χ0n) is 10.2. The van der Waals surface area contributed by atoms with E-state index < -0.39 is 11.7 Å². The third-order valence-electron chi connectivity index (χ3n) is 2.65. The predicted molar refractivity (Wildman–Crippen MR) is 69.5 cm³/mol. The lowest BCUT2D eigenvalue weighted by molar-refractivity contribution is -0.138. The molecule has 0 aliphatic heterocycles. The van der Waals surface area contributed by atoms with Gasteiger partial charge in [0.2, 0.25) is 0 Å². The number of aliphatic hydroxyl groups excluding tert-OH is 1. The van der Waals surface area contributed by atoms with Crippen LogP contribution in [-0.4, -0.2) is 26.7 Å². The Labute approximate surface area is 121 Å². The van der Waals surface area contributed by atoms with Gasteiger partial charge in [-0.15, -0.1) is 5.10 Å². The molecule has 0 unspecified atom stereocenters. The minimum Gasteiger partial charge on any atom is -0.396 e. The fraction of sp³-hybridized carbons (Fsp3) is 0.333. The van der Waals surface area contributed by atoms with Crippen molar-refractivity contribution in [3.63, 3.8) is 0 Å². The van der Waals surface area contributed by atoms with Gasteiger partial charge in [-0.3, -0.25) is 0 Å². The number of rotatable bonds is 4. The molecule has 1 aromatic heterocycles. The van der Waals surface area contributed by atoms with Gasteiger partial charge in [0, 0.05) is 11.1 Å². The van der Waals surface area contributed by atoms with Crippen molar-refractivity contribution < 1.29 is 18.3 Å². The molecule has 0 bridgehead atoms. The Hall–Kier alpha value is -1.41. The van der Waals surface area contributed by atoms with Crippen LogP contribution in [-0.2, 0) is 12.6 Å². The maximum absolute atomic E-state index is 12.8. The molecule has 2 aromatic rings. The van der Waals surface area contributed by atoms with Crippen LogP contribution in [0.25, 0.3) is 5.69 Å². The van der Waals surface area contributed by atoms with Crippen molar-refractivity contribution in [2.75, 3.05) is 6.61 Å². The summed E-state index contributed by atoms with van der Waals surface area (Å²) >= 11 is 2.89. The van der Waals surface area contributed by atoms with E-state index in [-0.39, 0.29) is 16.8 Å². The Bertz CT molecular complexity index is 598. The summed E-state index contributed by atoms with van der Waals surface area (Å²) in [5.41, 5.74) is 0.140. The van der Waals surface area contributed by atoms with Crippen LogP contribution in [0.5, 0.6) is 0 Å². The molecule has 1 aromatic carbocycles. The molecule has 0 atom stereocenters. The molecule has 2 rings (SSSR count). The molecule has 0 aliphatic rings. The van der Waals surface area contributed by atoms with Gasteiger partial charge in [-0.25, -0.2) is 4.68 Å². The third-order valence-corrected chi connectivity index (χ3v) is 3.34. The summed E-state index contributed by atoms with van der Waals surface area (Å²) in [5, 5.41) is 16.4. The van der Waals surface area contributed by atoms with Gasteiger partial charge in [0.15, 0.2) is 0 Å². The number of nitrogens with zero attached hydrogens (tertiary/aromatic N) is 3. The van der Waals surface area contributed by atoms with Crippen LogP contribution in [0.2, 0.25) is 0 Å². The van der Waals surface area contributed by atoms with Gasteiger partial charge in [-0.2, -0.15) is 13.2 Å². The molecule has 0 radical (unpaired) electrons. The Morgan fingerprint density at radius 2 is 2.05 bits per heavy atom. The number of alkyl halides is 3. The molecule has 0 aliphatic carbocycles. The Morgan fingerprint density at radius 3 is 2.70 bits per heavy atom. The van der Waals surface area contributed by atoms with Crippen molar-refractivity contribution in [3.05, 3.63) is 40.1 Å². The van der Waals surface area contributed by atoms with E-state index in [9.17, 15) is 13.2 Å². The van der Waals surface area contributed by atoms with Crippen molar-refractivity contribution >= 4 is 15.9 Å². The van der Waals surface area contributed by atoms with E-state index in [0.717, 1.165) is 6.07 Å². The van der Waals surface area contributed by atoms with Crippen LogP contribution >= 0.6 is 15.9 Å². The highest BCUT2D eigenvalue weighted by Crippen LogP contribution is 2.35. The molecule has 4 nitrogen and oxygen atoms in total. The SMILES string of the molecule is OCCCc1cn(-c2ccc(Br)c(C(F)(F)F)c2)nn1. The van der Waals surface area contributed by atoms with Gasteiger partial charge in [-0.1, -0.05) is 21.1 Å². The number of aryl methyl sites for hydroxylation is 1. The predicted octanol–water partition coefficient (Wildman–Crippen LogP) is 2.97. The van der Waals surface area contributed by atoms with E-state index in [0.29, 0.717) is 18.5 Å². The summed E-state index contributed by atoms with van der Waals surface area (Å²) in [6.45, 7) is 0.0311. The van der Waals surface area contributed by atoms with E-state index in [1.54, 1.807) is 6.20 Å². The highest BCUT2D eigenvalue weighted by molar-refractivity contribution is 9.10. The summed E-state index contributed by atoms with van der Waals surface area (Å²) in [7, 11) is 0. The molecular formula is C12H11BrF3N3O. The van der Waals surface area contributed by atoms with E-state index in [2.05, 4.69) is 26.2 Å². The number of aromatic nitrogens is 3. The van der Waals surface area contributed by atoms with Crippen LogP contribution in [0.4, 0.5) is 13.2 Å². The quantitative estimate of drug-likeness (QED) is 0.923. The van der Waals surface area contributed by atoms with E-state index in [1.165, 1.54) is 16.8 Å². The summed E-state index contributed by atoms with van der Waals surface area (Å²) < 4.78 is 39.7. The molecule has 108 valence electrons. The average Bonchev–Trinajstić information content (AvgIpc) is 2.84. The second-order valence-electron chi connectivity index (χ2n) is 4.14. The molecule has 0 saturated carbocycles. The van der Waals surface area contributed by atoms with Crippen LogP contribution in [0.3, 0.4) is 0 Å². The molecule has 1 N–H and O–H groups in total. The number of hydrogen-bond acceptors (Lipinski definition) is 3. The molecule has 0 spiro atoms. The van der Waals surface area contributed by atoms with Crippen molar-refractivity contribution in [1.82, 2.24) is 15.0 Å². The van der Waals surface area contributed by atoms with Gasteiger partial charge >= 0.3 is 6.18 Å². The summed E-state index contributed by atoms with van der Waals surface area (Å²) in [5.74, 6) is 0. The molecule has 0 amide bonds. The van der Waals surface area contributed by atoms with Crippen LogP contribution in [0, 0.1) is 0 Å². The average molecular weight is 350 g/mol. The van der Waals surface area contributed by atoms with Gasteiger partial charge in [-0.05, 0) is 31.0 Å². The maximum Gasteiger partial charge on any atom is 0.417 e. The lowest BCUT2D eigenvalue weighted by Gasteiger charge is -2.10. The minimum atomic E-state index is -4.44. The highest BCUT2D eigenvalue weighted by atomic mass is 79.9. The lowest BCUT2D eigenvalue weighted by atomic mass is 10.2. The fourth-order valence-electron chi connectivity index (χ4n) is 1.67. The van der Waals surface area contributed by atoms with Crippen LogP contribution < -0.4 is 0 Å². The van der Waals surface area contributed by atoms with E-state index in [1.807, 2.05) is 0 Å². The van der Waals surface area contributed by atoms with Crippen LogP contribution in [0.15, 0.2) is 28.9 Å². The topological polar surface area (TPSA) is 50.9 Å². The molecule has 8 heteroatoms. The van der Waals surface area contributed by atoms with Crippen molar-refractivity contribution in [3.8, 4) is 5.69 Å². The second-order valence-corrected chi connectivity index (χ2v) is 5.00. The van der Waals surface area contributed by atoms with Crippen LogP contribution in [0.1, 0.15) is 17.7 Å². The monoisotopic (exact) mass is 349 g/mol. The minimum absolute atomic E-state index is 0.0191. The van der Waals surface area contributed by atoms with Crippen molar-refractivity contribution in [2.24, 2.45) is 0 Å². The van der Waals surface area contributed by atoms with Gasteiger partial charge in [0.05, 0.1) is 23.1 Å². The standard InChI is InChI=1S/C12H11BrF3N3O/c13-11-4-3-9(6-10(11)12(14,15)16)19-7-8(17-18-19)2-1-5-20/h3-4,6-7,20H,1-2,5H2. The Morgan fingerprint density at radius 1 is 1.30 bits per heavy atom. The zero-order valence-corrected chi connectivity index (χ0v) is 11.8. The second kappa shape index (κ2) is 5.92. The van der Waals surface area contributed by atoms with Crippen molar-refractivity contribution in [2.45, 2.75) is 19.0 Å². The smallest absolute Gasteiger partial charge is 0.396 e. The largest absolute Gasteiger partial charge is 0.417 e. The first-order valence-corrected chi connectivity index (χ1v) is 6.60. The van der Waals surface area contributed by atoms with E-state index >= 15 is 0 Å². The number of halogens is 4.